The van der Waals surface area contributed by atoms with Gasteiger partial charge in [-0.25, -0.2) is 0 Å². The standard InChI is InChI=1S/C19H18N4O3/c24-12-15-10-23(19(25)13-5-2-1-3-6-13)11-16(15)18-21-17(22-26-18)14-7-4-8-20-9-14/h1-9,15-16,24H,10-12H2. The predicted octanol–water partition coefficient (Wildman–Crippen LogP) is 1.98. The number of aliphatic hydroxyl groups is 1. The van der Waals surface area contributed by atoms with Crippen molar-refractivity contribution in [1.82, 2.24) is 20.0 Å². The summed E-state index contributed by atoms with van der Waals surface area (Å²) < 4.78 is 5.43. The lowest BCUT2D eigenvalue weighted by atomic mass is 9.97. The summed E-state index contributed by atoms with van der Waals surface area (Å²) in [6, 6.07) is 12.8. The summed E-state index contributed by atoms with van der Waals surface area (Å²) >= 11 is 0. The SMILES string of the molecule is O=C(c1ccccc1)N1CC(CO)C(c2nc(-c3cccnc3)no2)C1. The van der Waals surface area contributed by atoms with Crippen molar-refractivity contribution >= 4 is 5.91 Å². The lowest BCUT2D eigenvalue weighted by molar-refractivity contribution is 0.0781. The van der Waals surface area contributed by atoms with E-state index in [0.717, 1.165) is 5.56 Å². The minimum Gasteiger partial charge on any atom is -0.396 e. The van der Waals surface area contributed by atoms with E-state index in [1.807, 2.05) is 24.3 Å². The van der Waals surface area contributed by atoms with Gasteiger partial charge in [-0.05, 0) is 24.3 Å². The summed E-state index contributed by atoms with van der Waals surface area (Å²) in [5.74, 6) is 0.512. The molecule has 0 radical (unpaired) electrons. The van der Waals surface area contributed by atoms with Crippen molar-refractivity contribution < 1.29 is 14.4 Å². The molecule has 1 aromatic carbocycles. The molecular weight excluding hydrogens is 332 g/mol. The fourth-order valence-electron chi connectivity index (χ4n) is 3.26. The van der Waals surface area contributed by atoms with Crippen molar-refractivity contribution in [2.75, 3.05) is 19.7 Å². The zero-order chi connectivity index (χ0) is 17.9. The molecule has 0 bridgehead atoms. The van der Waals surface area contributed by atoms with Crippen molar-refractivity contribution in [1.29, 1.82) is 0 Å². The maximum Gasteiger partial charge on any atom is 0.253 e. The molecule has 1 amide bonds. The maximum atomic E-state index is 12.7. The van der Waals surface area contributed by atoms with E-state index in [-0.39, 0.29) is 24.3 Å². The highest BCUT2D eigenvalue weighted by atomic mass is 16.5. The third kappa shape index (κ3) is 3.09. The highest BCUT2D eigenvalue weighted by molar-refractivity contribution is 5.94. The van der Waals surface area contributed by atoms with Crippen LogP contribution in [0.25, 0.3) is 11.4 Å². The number of hydrogen-bond acceptors (Lipinski definition) is 6. The molecule has 132 valence electrons. The molecule has 1 fully saturated rings. The highest BCUT2D eigenvalue weighted by Gasteiger charge is 2.39. The first kappa shape index (κ1) is 16.4. The molecule has 7 heteroatoms. The molecule has 2 atom stereocenters. The molecule has 26 heavy (non-hydrogen) atoms. The molecule has 2 unspecified atom stereocenters. The minimum absolute atomic E-state index is 0.0478. The molecule has 1 aliphatic heterocycles. The van der Waals surface area contributed by atoms with Gasteiger partial charge in [0.05, 0.1) is 5.92 Å². The first-order valence-electron chi connectivity index (χ1n) is 8.45. The smallest absolute Gasteiger partial charge is 0.253 e. The Morgan fingerprint density at radius 3 is 2.77 bits per heavy atom. The van der Waals surface area contributed by atoms with E-state index in [2.05, 4.69) is 15.1 Å². The van der Waals surface area contributed by atoms with E-state index in [4.69, 9.17) is 4.52 Å². The molecule has 0 saturated carbocycles. The lowest BCUT2D eigenvalue weighted by Gasteiger charge is -2.15. The van der Waals surface area contributed by atoms with Crippen LogP contribution in [-0.4, -0.2) is 50.7 Å². The Morgan fingerprint density at radius 2 is 2.04 bits per heavy atom. The highest BCUT2D eigenvalue weighted by Crippen LogP contribution is 2.33. The van der Waals surface area contributed by atoms with Crippen LogP contribution in [0.3, 0.4) is 0 Å². The number of nitrogens with zero attached hydrogens (tertiary/aromatic N) is 4. The molecule has 1 N–H and O–H groups in total. The van der Waals surface area contributed by atoms with E-state index in [1.54, 1.807) is 35.5 Å². The molecule has 7 nitrogen and oxygen atoms in total. The van der Waals surface area contributed by atoms with Gasteiger partial charge < -0.3 is 14.5 Å². The van der Waals surface area contributed by atoms with Gasteiger partial charge in [-0.2, -0.15) is 4.98 Å². The Morgan fingerprint density at radius 1 is 1.19 bits per heavy atom. The number of amides is 1. The Labute approximate surface area is 150 Å². The quantitative estimate of drug-likeness (QED) is 0.773. The Kier molecular flexibility index (Phi) is 4.45. The molecule has 1 saturated heterocycles. The summed E-state index contributed by atoms with van der Waals surface area (Å²) in [6.07, 6.45) is 3.34. The van der Waals surface area contributed by atoms with Crippen LogP contribution in [0.4, 0.5) is 0 Å². The van der Waals surface area contributed by atoms with Crippen LogP contribution < -0.4 is 0 Å². The topological polar surface area (TPSA) is 92.4 Å². The number of carbonyl (C=O) groups is 1. The van der Waals surface area contributed by atoms with E-state index in [1.165, 1.54) is 0 Å². The van der Waals surface area contributed by atoms with Crippen LogP contribution in [0, 0.1) is 5.92 Å². The second kappa shape index (κ2) is 7.05. The number of aliphatic hydroxyl groups excluding tert-OH is 1. The normalized spacial score (nSPS) is 19.7. The van der Waals surface area contributed by atoms with Crippen LogP contribution in [0.2, 0.25) is 0 Å². The van der Waals surface area contributed by atoms with Crippen LogP contribution in [0.1, 0.15) is 22.2 Å². The Bertz CT molecular complexity index is 882. The predicted molar refractivity (Wildman–Crippen MR) is 93.2 cm³/mol. The van der Waals surface area contributed by atoms with Crippen LogP contribution in [0.5, 0.6) is 0 Å². The second-order valence-corrected chi connectivity index (χ2v) is 6.32. The second-order valence-electron chi connectivity index (χ2n) is 6.32. The summed E-state index contributed by atoms with van der Waals surface area (Å²) in [4.78, 5) is 22.9. The van der Waals surface area contributed by atoms with Gasteiger partial charge in [0.25, 0.3) is 5.91 Å². The largest absolute Gasteiger partial charge is 0.396 e. The molecule has 3 heterocycles. The van der Waals surface area contributed by atoms with Crippen LogP contribution in [-0.2, 0) is 0 Å². The van der Waals surface area contributed by atoms with Crippen molar-refractivity contribution in [2.24, 2.45) is 5.92 Å². The molecule has 0 aliphatic carbocycles. The average Bonchev–Trinajstić information content (AvgIpc) is 3.35. The number of likely N-dealkylation sites (tertiary alicyclic amines) is 1. The van der Waals surface area contributed by atoms with Crippen LogP contribution in [0.15, 0.2) is 59.4 Å². The first-order chi connectivity index (χ1) is 12.8. The lowest BCUT2D eigenvalue weighted by Crippen LogP contribution is -2.29. The zero-order valence-corrected chi connectivity index (χ0v) is 14.0. The number of carbonyl (C=O) groups excluding carboxylic acids is 1. The summed E-state index contributed by atoms with van der Waals surface area (Å²) in [6.45, 7) is 0.848. The maximum absolute atomic E-state index is 12.7. The summed E-state index contributed by atoms with van der Waals surface area (Å²) in [5, 5.41) is 13.8. The van der Waals surface area contributed by atoms with Crippen molar-refractivity contribution in [3.05, 3.63) is 66.3 Å². The van der Waals surface area contributed by atoms with Gasteiger partial charge in [0.15, 0.2) is 0 Å². The van der Waals surface area contributed by atoms with Gasteiger partial charge in [-0.1, -0.05) is 23.4 Å². The monoisotopic (exact) mass is 350 g/mol. The van der Waals surface area contributed by atoms with E-state index in [0.29, 0.717) is 30.4 Å². The number of pyridine rings is 1. The van der Waals surface area contributed by atoms with Gasteiger partial charge >= 0.3 is 0 Å². The van der Waals surface area contributed by atoms with E-state index in [9.17, 15) is 9.90 Å². The number of benzene rings is 1. The summed E-state index contributed by atoms with van der Waals surface area (Å²) in [5.41, 5.74) is 1.39. The third-order valence-corrected chi connectivity index (χ3v) is 4.66. The third-order valence-electron chi connectivity index (χ3n) is 4.66. The Balaban J connectivity index is 1.55. The molecule has 0 spiro atoms. The van der Waals surface area contributed by atoms with Crippen molar-refractivity contribution in [3.8, 4) is 11.4 Å². The van der Waals surface area contributed by atoms with Crippen LogP contribution >= 0.6 is 0 Å². The fourth-order valence-corrected chi connectivity index (χ4v) is 3.26. The van der Waals surface area contributed by atoms with Gasteiger partial charge in [0.1, 0.15) is 0 Å². The molecule has 2 aromatic heterocycles. The average molecular weight is 350 g/mol. The molecular formula is C19H18N4O3. The van der Waals surface area contributed by atoms with Crippen molar-refractivity contribution in [3.63, 3.8) is 0 Å². The van der Waals surface area contributed by atoms with Gasteiger partial charge in [-0.3, -0.25) is 9.78 Å². The van der Waals surface area contributed by atoms with Gasteiger partial charge in [-0.15, -0.1) is 0 Å². The molecule has 1 aliphatic rings. The minimum atomic E-state index is -0.189. The van der Waals surface area contributed by atoms with E-state index >= 15 is 0 Å². The molecule has 3 aromatic rings. The summed E-state index contributed by atoms with van der Waals surface area (Å²) in [7, 11) is 0. The van der Waals surface area contributed by atoms with E-state index < -0.39 is 0 Å². The van der Waals surface area contributed by atoms with Gasteiger partial charge in [0.2, 0.25) is 11.7 Å². The van der Waals surface area contributed by atoms with Gasteiger partial charge in [0, 0.05) is 49.1 Å². The number of aromatic nitrogens is 3. The first-order valence-corrected chi connectivity index (χ1v) is 8.45. The number of rotatable bonds is 4. The fraction of sp³-hybridized carbons (Fsp3) is 0.263. The Hall–Kier alpha value is -3.06. The molecule has 4 rings (SSSR count). The zero-order valence-electron chi connectivity index (χ0n) is 14.0. The van der Waals surface area contributed by atoms with Crippen molar-refractivity contribution in [2.45, 2.75) is 5.92 Å². The number of hydrogen-bond donors (Lipinski definition) is 1.